The van der Waals surface area contributed by atoms with Crippen molar-refractivity contribution in [2.75, 3.05) is 7.11 Å². The van der Waals surface area contributed by atoms with Gasteiger partial charge in [-0.3, -0.25) is 0 Å². The zero-order valence-corrected chi connectivity index (χ0v) is 8.30. The molecule has 1 rings (SSSR count). The third kappa shape index (κ3) is 3.09. The Balaban J connectivity index is 3.08. The van der Waals surface area contributed by atoms with E-state index in [9.17, 15) is 13.2 Å². The summed E-state index contributed by atoms with van der Waals surface area (Å²) in [7, 11) is 1.30. The molecule has 1 aromatic rings. The predicted molar refractivity (Wildman–Crippen MR) is 49.8 cm³/mol. The van der Waals surface area contributed by atoms with Crippen LogP contribution in [0.25, 0.3) is 0 Å². The van der Waals surface area contributed by atoms with Crippen molar-refractivity contribution in [3.05, 3.63) is 18.3 Å². The lowest BCUT2D eigenvalue weighted by atomic mass is 10.4. The Bertz CT molecular complexity index is 378. The number of nitrogens with zero attached hydrogens (tertiary/aromatic N) is 2. The Labute approximate surface area is 88.6 Å². The molecule has 0 aromatic carbocycles. The highest BCUT2D eigenvalue weighted by molar-refractivity contribution is 6.67. The molecule has 0 amide bonds. The molecule has 0 aliphatic rings. The molecule has 0 spiro atoms. The first-order valence-electron chi connectivity index (χ1n) is 3.75. The molecular weight excluding hydrogens is 233 g/mol. The second-order valence-corrected chi connectivity index (χ2v) is 2.79. The number of methoxy groups -OCH3 is 1. The molecule has 1 aromatic heterocycles. The summed E-state index contributed by atoms with van der Waals surface area (Å²) in [6, 6.07) is 2.95. The first kappa shape index (κ1) is 11.8. The molecule has 82 valence electrons. The molecule has 15 heavy (non-hydrogen) atoms. The van der Waals surface area contributed by atoms with Crippen molar-refractivity contribution in [2.24, 2.45) is 4.99 Å². The molecule has 1 heterocycles. The molecule has 0 radical (unpaired) electrons. The van der Waals surface area contributed by atoms with E-state index in [0.717, 1.165) is 0 Å². The Morgan fingerprint density at radius 2 is 2.20 bits per heavy atom. The Kier molecular flexibility index (Phi) is 3.52. The van der Waals surface area contributed by atoms with E-state index in [1.165, 1.54) is 25.4 Å². The number of alkyl halides is 3. The van der Waals surface area contributed by atoms with E-state index >= 15 is 0 Å². The topological polar surface area (TPSA) is 34.5 Å². The number of hydrogen-bond donors (Lipinski definition) is 0. The summed E-state index contributed by atoms with van der Waals surface area (Å²) in [5.74, 6) is -0.0813. The van der Waals surface area contributed by atoms with Crippen LogP contribution in [0, 0.1) is 0 Å². The number of aliphatic imine (C=N–C) groups is 1. The van der Waals surface area contributed by atoms with Gasteiger partial charge in [-0.2, -0.15) is 13.2 Å². The number of hydrogen-bond acceptors (Lipinski definition) is 3. The van der Waals surface area contributed by atoms with Crippen LogP contribution in [0.15, 0.2) is 23.3 Å². The second kappa shape index (κ2) is 4.48. The normalized spacial score (nSPS) is 12.7. The molecule has 0 N–H and O–H groups in total. The van der Waals surface area contributed by atoms with Crippen LogP contribution >= 0.6 is 11.6 Å². The van der Waals surface area contributed by atoms with Crippen molar-refractivity contribution in [3.63, 3.8) is 0 Å². The summed E-state index contributed by atoms with van der Waals surface area (Å²) in [6.45, 7) is 0. The number of aromatic nitrogens is 1. The lowest BCUT2D eigenvalue weighted by Crippen LogP contribution is -2.16. The summed E-state index contributed by atoms with van der Waals surface area (Å²) in [6.07, 6.45) is -3.38. The molecule has 3 nitrogen and oxygen atoms in total. The Morgan fingerprint density at radius 1 is 1.53 bits per heavy atom. The smallest absolute Gasteiger partial charge is 0.444 e. The van der Waals surface area contributed by atoms with Crippen LogP contribution in [-0.4, -0.2) is 23.4 Å². The van der Waals surface area contributed by atoms with Crippen LogP contribution < -0.4 is 4.74 Å². The van der Waals surface area contributed by atoms with E-state index < -0.39 is 11.3 Å². The lowest BCUT2D eigenvalue weighted by Gasteiger charge is -2.05. The summed E-state index contributed by atoms with van der Waals surface area (Å²) < 4.78 is 40.9. The largest absolute Gasteiger partial charge is 0.493 e. The maximum absolute atomic E-state index is 12.0. The Morgan fingerprint density at radius 3 is 2.73 bits per heavy atom. The van der Waals surface area contributed by atoms with Gasteiger partial charge in [0.1, 0.15) is 0 Å². The van der Waals surface area contributed by atoms with Crippen LogP contribution in [0.2, 0.25) is 0 Å². The van der Waals surface area contributed by atoms with Crippen molar-refractivity contribution >= 4 is 22.6 Å². The zero-order chi connectivity index (χ0) is 11.5. The number of rotatable bonds is 2. The summed E-state index contributed by atoms with van der Waals surface area (Å²) in [5, 5.41) is -1.49. The molecule has 0 saturated carbocycles. The minimum absolute atomic E-state index is 0.125. The van der Waals surface area contributed by atoms with Crippen LogP contribution in [0.5, 0.6) is 5.75 Å². The minimum Gasteiger partial charge on any atom is -0.493 e. The fraction of sp³-hybridized carbons (Fsp3) is 0.250. The van der Waals surface area contributed by atoms with Crippen LogP contribution in [0.1, 0.15) is 0 Å². The molecule has 0 unspecified atom stereocenters. The fourth-order valence-electron chi connectivity index (χ4n) is 0.782. The zero-order valence-electron chi connectivity index (χ0n) is 7.55. The predicted octanol–water partition coefficient (Wildman–Crippen LogP) is 2.92. The van der Waals surface area contributed by atoms with Crippen LogP contribution in [0.4, 0.5) is 19.0 Å². The van der Waals surface area contributed by atoms with E-state index in [4.69, 9.17) is 16.3 Å². The lowest BCUT2D eigenvalue weighted by molar-refractivity contribution is -0.0558. The quantitative estimate of drug-likeness (QED) is 0.743. The fourth-order valence-corrected chi connectivity index (χ4v) is 0.862. The average molecular weight is 239 g/mol. The standard InChI is InChI=1S/C8H6ClF3N2O/c1-15-5-3-2-4-13-6(5)14-7(9)8(10,11)12/h2-4H,1H3. The van der Waals surface area contributed by atoms with Gasteiger partial charge in [0.2, 0.25) is 5.17 Å². The molecule has 7 heteroatoms. The second-order valence-electron chi connectivity index (χ2n) is 2.43. The monoisotopic (exact) mass is 238 g/mol. The van der Waals surface area contributed by atoms with Gasteiger partial charge in [0.25, 0.3) is 0 Å². The van der Waals surface area contributed by atoms with Crippen molar-refractivity contribution in [1.29, 1.82) is 0 Å². The van der Waals surface area contributed by atoms with E-state index in [1.807, 2.05) is 0 Å². The summed E-state index contributed by atoms with van der Waals surface area (Å²) >= 11 is 4.95. The minimum atomic E-state index is -4.68. The Hall–Kier alpha value is -1.30. The molecule has 0 aliphatic heterocycles. The third-order valence-corrected chi connectivity index (χ3v) is 1.71. The molecule has 0 saturated heterocycles. The van der Waals surface area contributed by atoms with Gasteiger partial charge in [0, 0.05) is 6.20 Å². The highest BCUT2D eigenvalue weighted by Crippen LogP contribution is 2.28. The van der Waals surface area contributed by atoms with Gasteiger partial charge < -0.3 is 4.74 Å². The van der Waals surface area contributed by atoms with Crippen LogP contribution in [0.3, 0.4) is 0 Å². The first-order chi connectivity index (χ1) is 6.95. The van der Waals surface area contributed by atoms with Gasteiger partial charge in [-0.25, -0.2) is 9.98 Å². The summed E-state index contributed by atoms with van der Waals surface area (Å²) in [5.41, 5.74) is 0. The van der Waals surface area contributed by atoms with Crippen molar-refractivity contribution < 1.29 is 17.9 Å². The van der Waals surface area contributed by atoms with Crippen LogP contribution in [-0.2, 0) is 0 Å². The van der Waals surface area contributed by atoms with E-state index in [-0.39, 0.29) is 11.6 Å². The van der Waals surface area contributed by atoms with Gasteiger partial charge in [-0.1, -0.05) is 11.6 Å². The van der Waals surface area contributed by atoms with Gasteiger partial charge >= 0.3 is 6.18 Å². The molecule has 0 bridgehead atoms. The van der Waals surface area contributed by atoms with Gasteiger partial charge in [-0.15, -0.1) is 0 Å². The maximum atomic E-state index is 12.0. The number of ether oxygens (including phenoxy) is 1. The molecule has 0 fully saturated rings. The van der Waals surface area contributed by atoms with Crippen molar-refractivity contribution in [3.8, 4) is 5.75 Å². The highest BCUT2D eigenvalue weighted by atomic mass is 35.5. The average Bonchev–Trinajstić information content (AvgIpc) is 2.17. The van der Waals surface area contributed by atoms with E-state index in [0.29, 0.717) is 0 Å². The SMILES string of the molecule is COc1cccnc1N=C(Cl)C(F)(F)F. The van der Waals surface area contributed by atoms with E-state index in [1.54, 1.807) is 0 Å². The molecule has 0 aliphatic carbocycles. The first-order valence-corrected chi connectivity index (χ1v) is 4.13. The highest BCUT2D eigenvalue weighted by Gasteiger charge is 2.34. The van der Waals surface area contributed by atoms with E-state index in [2.05, 4.69) is 9.98 Å². The number of halogens is 4. The van der Waals surface area contributed by atoms with Gasteiger partial charge in [0.15, 0.2) is 11.6 Å². The van der Waals surface area contributed by atoms with Crippen molar-refractivity contribution in [2.45, 2.75) is 6.18 Å². The van der Waals surface area contributed by atoms with Gasteiger partial charge in [-0.05, 0) is 12.1 Å². The number of pyridine rings is 1. The molecule has 0 atom stereocenters. The summed E-state index contributed by atoms with van der Waals surface area (Å²) in [4.78, 5) is 6.73. The maximum Gasteiger partial charge on any atom is 0.444 e. The van der Waals surface area contributed by atoms with Crippen molar-refractivity contribution in [1.82, 2.24) is 4.98 Å². The van der Waals surface area contributed by atoms with Gasteiger partial charge in [0.05, 0.1) is 7.11 Å². The third-order valence-electron chi connectivity index (χ3n) is 1.41. The molecular formula is C8H6ClF3N2O.